The maximum Gasteiger partial charge on any atom is 0.434 e. The standard InChI is InChI=1S/C13H18F6O3.C12H22O2.C10H12F6O3.C9H8F6O4.C8H5F7O4.C7H9F3O2.C6H7F3O2/c1-7(2)5-9(22-10(20)8(3)4)6-11(21,12(14,15)16)13(17,18)19;1-5-7-8-11(6-2)9-14-12(13)10(3)4;1-5(2)6(17)19-7(3,4)8(18,9(11,12)13)10(14,15)16;1-4(2)6(17)18-3-5(16)19-7(8(10,11)12)9(13,14)15;1-3(9)5(17)18-2-4(16)19-6(7(10,11)12)8(13,14)15;1-4(2)6(11)12-5(3)7(8,9)10;1-4(2)5(10)11-3-6(7,8)9/h7,9,21H,3,5-6H2,1-2,4H3;11H,3,5-9H2,1-2,4H3;18H,1H2,2-4H3;7H,1,3H2,2H3;6H,1-2H2;5H,1H2,2-3H3;1,3H2,2H3. The average molecular weight is 1770 g/mol. The van der Waals surface area contributed by atoms with Gasteiger partial charge >= 0.3 is 115 Å². The molecule has 678 valence electrons. The molecule has 0 rings (SSSR count). The molecule has 2 N–H and O–H groups in total. The molecule has 116 heavy (non-hydrogen) atoms. The summed E-state index contributed by atoms with van der Waals surface area (Å²) in [7, 11) is 0. The lowest BCUT2D eigenvalue weighted by molar-refractivity contribution is -0.407. The van der Waals surface area contributed by atoms with E-state index in [0.717, 1.165) is 26.7 Å². The first-order chi connectivity index (χ1) is 51.1. The number of ether oxygens (including phenoxy) is 9. The summed E-state index contributed by atoms with van der Waals surface area (Å²) in [6.07, 6.45) is -66.4. The van der Waals surface area contributed by atoms with E-state index < -0.39 is 188 Å². The quantitative estimate of drug-likeness (QED) is 0.0319. The Balaban J connectivity index is -0.000000242. The molecule has 0 aromatic rings. The maximum absolute atomic E-state index is 12.7. The van der Waals surface area contributed by atoms with Crippen molar-refractivity contribution in [2.75, 3.05) is 26.4 Å². The van der Waals surface area contributed by atoms with Crippen LogP contribution in [0.1, 0.15) is 129 Å². The number of unbranched alkanes of at least 4 members (excludes halogenated alkanes) is 1. The molecule has 0 saturated carbocycles. The van der Waals surface area contributed by atoms with Crippen molar-refractivity contribution in [2.24, 2.45) is 11.8 Å². The lowest BCUT2D eigenvalue weighted by Crippen LogP contribution is -2.69. The van der Waals surface area contributed by atoms with Crippen LogP contribution in [-0.4, -0.2) is 193 Å². The number of rotatable bonds is 28. The van der Waals surface area contributed by atoms with E-state index in [4.69, 9.17) is 14.9 Å². The Kier molecular flexibility index (Phi) is 51.3. The summed E-state index contributed by atoms with van der Waals surface area (Å²) < 4.78 is 412. The Morgan fingerprint density at radius 2 is 0.707 bits per heavy atom. The summed E-state index contributed by atoms with van der Waals surface area (Å²) in [6.45, 7) is 33.9. The lowest BCUT2D eigenvalue weighted by atomic mass is 9.84. The molecule has 0 aliphatic heterocycles. The first-order valence-corrected chi connectivity index (χ1v) is 31.2. The van der Waals surface area contributed by atoms with Gasteiger partial charge in [-0.2, -0.15) is 136 Å². The van der Waals surface area contributed by atoms with Crippen LogP contribution in [0, 0.1) is 11.8 Å². The third-order valence-electron chi connectivity index (χ3n) is 12.3. The third kappa shape index (κ3) is 49.9. The van der Waals surface area contributed by atoms with Gasteiger partial charge in [0.25, 0.3) is 23.4 Å². The molecule has 0 amide bonds. The predicted molar refractivity (Wildman–Crippen MR) is 336 cm³/mol. The summed E-state index contributed by atoms with van der Waals surface area (Å²) in [5.74, 6) is -13.5. The Morgan fingerprint density at radius 1 is 0.397 bits per heavy atom. The van der Waals surface area contributed by atoms with Crippen LogP contribution in [0.4, 0.5) is 136 Å². The molecule has 3 atom stereocenters. The van der Waals surface area contributed by atoms with Crippen molar-refractivity contribution in [3.63, 3.8) is 0 Å². The van der Waals surface area contributed by atoms with Gasteiger partial charge in [-0.25, -0.2) is 43.2 Å². The Morgan fingerprint density at radius 3 is 0.966 bits per heavy atom. The van der Waals surface area contributed by atoms with Crippen LogP contribution in [-0.2, 0) is 85.8 Å². The van der Waals surface area contributed by atoms with E-state index >= 15 is 0 Å². The molecule has 0 heterocycles. The van der Waals surface area contributed by atoms with E-state index in [0.29, 0.717) is 31.9 Å². The van der Waals surface area contributed by atoms with Crippen molar-refractivity contribution in [3.8, 4) is 0 Å². The number of carbonyl (C=O) groups excluding carboxylic acids is 9. The number of alkyl halides is 30. The maximum atomic E-state index is 12.7. The molecule has 0 saturated heterocycles. The Hall–Kier alpha value is -8.84. The molecule has 0 aromatic carbocycles. The van der Waals surface area contributed by atoms with Crippen LogP contribution in [0.15, 0.2) is 85.3 Å². The Bertz CT molecular complexity index is 3130. The fourth-order valence-corrected chi connectivity index (χ4v) is 6.14. The second-order valence-corrected chi connectivity index (χ2v) is 24.3. The van der Waals surface area contributed by atoms with Crippen molar-refractivity contribution in [2.45, 2.75) is 232 Å². The van der Waals surface area contributed by atoms with E-state index in [1.165, 1.54) is 54.4 Å². The van der Waals surface area contributed by atoms with Gasteiger partial charge in [0.2, 0.25) is 5.83 Å². The van der Waals surface area contributed by atoms with Gasteiger partial charge in [-0.05, 0) is 87.0 Å². The molecule has 3 unspecified atom stereocenters. The largest absolute Gasteiger partial charge is 0.462 e. The van der Waals surface area contributed by atoms with E-state index in [2.05, 4.69) is 97.8 Å². The zero-order valence-corrected chi connectivity index (χ0v) is 62.9. The minimum Gasteiger partial charge on any atom is -0.462 e. The number of esters is 9. The third-order valence-corrected chi connectivity index (χ3v) is 12.3. The topological polar surface area (TPSA) is 277 Å². The van der Waals surface area contributed by atoms with Crippen molar-refractivity contribution in [1.29, 1.82) is 0 Å². The number of hydrogen-bond donors (Lipinski definition) is 2. The first-order valence-electron chi connectivity index (χ1n) is 31.2. The van der Waals surface area contributed by atoms with Crippen LogP contribution in [0.2, 0.25) is 0 Å². The van der Waals surface area contributed by atoms with Crippen LogP contribution < -0.4 is 0 Å². The van der Waals surface area contributed by atoms with Gasteiger partial charge in [0.05, 0.1) is 6.61 Å². The highest BCUT2D eigenvalue weighted by atomic mass is 19.5. The molecule has 0 aromatic heterocycles. The van der Waals surface area contributed by atoms with E-state index in [1.807, 2.05) is 0 Å². The SMILES string of the molecule is C=C(C)C(=O)OC(C)(C)C(O)(C(F)(F)F)C(F)(F)F.C=C(C)C(=O)OC(C)C(F)(F)F.C=C(C)C(=O)OC(CC(C)C)CC(O)(C(F)(F)F)C(F)(F)F.C=C(C)C(=O)OCC(=O)OC(C(F)(F)F)C(F)(F)F.C=C(C)C(=O)OCC(CC)CCCC.C=C(C)C(=O)OCC(F)(F)F.C=C(F)C(=O)OCC(=O)OC(C(F)(F)F)C(F)(F)F. The summed E-state index contributed by atoms with van der Waals surface area (Å²) in [5.41, 5.74) is -13.8. The zero-order valence-electron chi connectivity index (χ0n) is 62.9. The molecular weight excluding hydrogens is 1690 g/mol. The molecule has 51 heteroatoms. The number of halogens is 31. The van der Waals surface area contributed by atoms with E-state index in [9.17, 15) is 179 Å². The van der Waals surface area contributed by atoms with Crippen LogP contribution in [0.5, 0.6) is 0 Å². The first kappa shape index (κ1) is 120. The summed E-state index contributed by atoms with van der Waals surface area (Å²) in [4.78, 5) is 97.0. The van der Waals surface area contributed by atoms with Gasteiger partial charge in [0.15, 0.2) is 31.5 Å². The van der Waals surface area contributed by atoms with E-state index in [-0.39, 0.29) is 40.6 Å². The Labute approximate surface area is 639 Å². The molecule has 0 spiro atoms. The van der Waals surface area contributed by atoms with E-state index in [1.54, 1.807) is 6.92 Å². The summed E-state index contributed by atoms with van der Waals surface area (Å²) in [6, 6.07) is 0. The highest BCUT2D eigenvalue weighted by Crippen LogP contribution is 2.51. The molecular formula is C65H81F31O20. The molecule has 0 aliphatic carbocycles. The second-order valence-electron chi connectivity index (χ2n) is 24.3. The highest BCUT2D eigenvalue weighted by Gasteiger charge is 2.79. The normalized spacial score (nSPS) is 13.1. The molecule has 0 bridgehead atoms. The smallest absolute Gasteiger partial charge is 0.434 e. The van der Waals surface area contributed by atoms with Crippen molar-refractivity contribution < 1.29 is 232 Å². The van der Waals surface area contributed by atoms with Gasteiger partial charge in [-0.15, -0.1) is 0 Å². The fraction of sp³-hybridized carbons (Fsp3) is 0.646. The lowest BCUT2D eigenvalue weighted by Gasteiger charge is -2.43. The van der Waals surface area contributed by atoms with Crippen molar-refractivity contribution in [1.82, 2.24) is 0 Å². The van der Waals surface area contributed by atoms with Gasteiger partial charge < -0.3 is 52.8 Å². The predicted octanol–water partition coefficient (Wildman–Crippen LogP) is 17.7. The highest BCUT2D eigenvalue weighted by molar-refractivity contribution is 5.90. The summed E-state index contributed by atoms with van der Waals surface area (Å²) in [5, 5.41) is 18.2. The van der Waals surface area contributed by atoms with Crippen molar-refractivity contribution >= 4 is 53.7 Å². The van der Waals surface area contributed by atoms with Gasteiger partial charge in [-0.3, -0.25) is 0 Å². The molecule has 0 fully saturated rings. The van der Waals surface area contributed by atoms with Gasteiger partial charge in [-0.1, -0.05) is 93.0 Å². The van der Waals surface area contributed by atoms with Gasteiger partial charge in [0, 0.05) is 39.9 Å². The fourth-order valence-electron chi connectivity index (χ4n) is 6.14. The minimum absolute atomic E-state index is 0.0470. The van der Waals surface area contributed by atoms with Crippen LogP contribution >= 0.6 is 0 Å². The van der Waals surface area contributed by atoms with Crippen LogP contribution in [0.25, 0.3) is 0 Å². The molecule has 0 radical (unpaired) electrons. The zero-order chi connectivity index (χ0) is 94.6. The second kappa shape index (κ2) is 49.4. The molecule has 20 nitrogen and oxygen atoms in total. The number of carbonyl (C=O) groups is 9. The monoisotopic (exact) mass is 1770 g/mol. The average Bonchev–Trinajstić information content (AvgIpc) is 0.731. The molecule has 0 aliphatic rings. The van der Waals surface area contributed by atoms with Crippen LogP contribution in [0.3, 0.4) is 0 Å². The number of hydrogen-bond acceptors (Lipinski definition) is 20. The minimum atomic E-state index is -6.08. The summed E-state index contributed by atoms with van der Waals surface area (Å²) >= 11 is 0. The number of aliphatic hydroxyl groups is 2. The van der Waals surface area contributed by atoms with Gasteiger partial charge in [0.1, 0.15) is 6.10 Å². The van der Waals surface area contributed by atoms with Crippen molar-refractivity contribution in [3.05, 3.63) is 85.3 Å².